The van der Waals surface area contributed by atoms with Gasteiger partial charge >= 0.3 is 0 Å². The van der Waals surface area contributed by atoms with E-state index in [0.717, 1.165) is 17.9 Å². The Morgan fingerprint density at radius 1 is 1.47 bits per heavy atom. The molecule has 0 fully saturated rings. The largest absolute Gasteiger partial charge is 0.310 e. The number of nitrogens with one attached hydrogen (secondary N) is 1. The van der Waals surface area contributed by atoms with Gasteiger partial charge in [-0.25, -0.2) is 9.37 Å². The van der Waals surface area contributed by atoms with Crippen LogP contribution in [-0.2, 0) is 13.5 Å². The summed E-state index contributed by atoms with van der Waals surface area (Å²) in [5.74, 6) is 0.643. The van der Waals surface area contributed by atoms with Gasteiger partial charge in [0, 0.05) is 19.5 Å². The topological polar surface area (TPSA) is 42.7 Å². The maximum atomic E-state index is 13.3. The monoisotopic (exact) mass is 326 g/mol. The lowest BCUT2D eigenvalue weighted by Crippen LogP contribution is -2.24. The molecule has 0 aliphatic heterocycles. The molecule has 1 aromatic heterocycles. The molecule has 0 saturated heterocycles. The zero-order valence-corrected chi connectivity index (χ0v) is 12.5. The Morgan fingerprint density at radius 2 is 2.26 bits per heavy atom. The van der Waals surface area contributed by atoms with Crippen LogP contribution in [0.15, 0.2) is 29.0 Å². The minimum atomic E-state index is -0.252. The summed E-state index contributed by atoms with van der Waals surface area (Å²) in [6.07, 6.45) is 2.25. The van der Waals surface area contributed by atoms with Gasteiger partial charge in [-0.15, -0.1) is 0 Å². The second-order valence-electron chi connectivity index (χ2n) is 4.29. The summed E-state index contributed by atoms with van der Waals surface area (Å²) in [6.45, 7) is 2.87. The Labute approximate surface area is 120 Å². The molecule has 1 unspecified atom stereocenters. The highest BCUT2D eigenvalue weighted by atomic mass is 79.9. The molecule has 1 atom stereocenters. The van der Waals surface area contributed by atoms with Gasteiger partial charge in [0.15, 0.2) is 0 Å². The van der Waals surface area contributed by atoms with Gasteiger partial charge in [0.25, 0.3) is 0 Å². The molecule has 1 N–H and O–H groups in total. The normalized spacial score (nSPS) is 12.6. The van der Waals surface area contributed by atoms with Crippen molar-refractivity contribution < 1.29 is 4.39 Å². The molecule has 0 aliphatic carbocycles. The van der Waals surface area contributed by atoms with E-state index in [4.69, 9.17) is 0 Å². The molecule has 4 nitrogen and oxygen atoms in total. The van der Waals surface area contributed by atoms with Gasteiger partial charge in [-0.2, -0.15) is 5.10 Å². The number of aryl methyl sites for hydroxylation is 1. The number of halogens is 2. The van der Waals surface area contributed by atoms with Gasteiger partial charge in [-0.05, 0) is 40.2 Å². The van der Waals surface area contributed by atoms with Crippen molar-refractivity contribution in [3.05, 3.63) is 46.2 Å². The maximum Gasteiger partial charge on any atom is 0.138 e. The van der Waals surface area contributed by atoms with E-state index in [-0.39, 0.29) is 11.9 Å². The van der Waals surface area contributed by atoms with E-state index in [1.54, 1.807) is 23.1 Å². The van der Waals surface area contributed by atoms with Gasteiger partial charge in [-0.1, -0.05) is 13.0 Å². The van der Waals surface area contributed by atoms with Gasteiger partial charge < -0.3 is 5.32 Å². The molecule has 2 rings (SSSR count). The van der Waals surface area contributed by atoms with Crippen LogP contribution >= 0.6 is 15.9 Å². The Morgan fingerprint density at radius 3 is 2.84 bits per heavy atom. The third-order valence-electron chi connectivity index (χ3n) is 2.99. The van der Waals surface area contributed by atoms with Crippen LogP contribution < -0.4 is 5.32 Å². The quantitative estimate of drug-likeness (QED) is 0.918. The highest BCUT2D eigenvalue weighted by Crippen LogP contribution is 2.23. The average molecular weight is 327 g/mol. The molecule has 1 heterocycles. The van der Waals surface area contributed by atoms with E-state index in [2.05, 4.69) is 31.3 Å². The first-order valence-electron chi connectivity index (χ1n) is 6.13. The zero-order valence-electron chi connectivity index (χ0n) is 10.9. The van der Waals surface area contributed by atoms with Crippen molar-refractivity contribution in [2.24, 2.45) is 7.05 Å². The fourth-order valence-electron chi connectivity index (χ4n) is 1.97. The number of likely N-dealkylation sites (N-methyl/N-ethyl adjacent to an activating group) is 1. The van der Waals surface area contributed by atoms with Gasteiger partial charge in [0.2, 0.25) is 0 Å². The molecule has 102 valence electrons. The molecular formula is C13H16BrFN4. The van der Waals surface area contributed by atoms with Crippen molar-refractivity contribution in [2.75, 3.05) is 6.54 Å². The Hall–Kier alpha value is -1.27. The van der Waals surface area contributed by atoms with E-state index in [1.165, 1.54) is 6.07 Å². The number of aromatic nitrogens is 3. The second-order valence-corrected chi connectivity index (χ2v) is 5.14. The molecule has 0 bridgehead atoms. The van der Waals surface area contributed by atoms with Gasteiger partial charge in [0.05, 0.1) is 4.47 Å². The Kier molecular flexibility index (Phi) is 4.66. The molecule has 1 aromatic carbocycles. The molecule has 0 radical (unpaired) electrons. The molecule has 0 aliphatic rings. The smallest absolute Gasteiger partial charge is 0.138 e. The average Bonchev–Trinajstić information content (AvgIpc) is 2.78. The molecule has 0 saturated carbocycles. The molecule has 2 aromatic rings. The van der Waals surface area contributed by atoms with Gasteiger partial charge in [-0.3, -0.25) is 4.68 Å². The summed E-state index contributed by atoms with van der Waals surface area (Å²) >= 11 is 3.22. The molecule has 0 amide bonds. The highest BCUT2D eigenvalue weighted by molar-refractivity contribution is 9.10. The van der Waals surface area contributed by atoms with Crippen molar-refractivity contribution in [1.82, 2.24) is 20.1 Å². The third kappa shape index (κ3) is 3.39. The first kappa shape index (κ1) is 14.1. The zero-order chi connectivity index (χ0) is 13.8. The summed E-state index contributed by atoms with van der Waals surface area (Å²) < 4.78 is 15.5. The van der Waals surface area contributed by atoms with Crippen LogP contribution in [0.1, 0.15) is 24.4 Å². The maximum absolute atomic E-state index is 13.3. The lowest BCUT2D eigenvalue weighted by atomic mass is 10.0. The number of hydrogen-bond acceptors (Lipinski definition) is 3. The van der Waals surface area contributed by atoms with Crippen molar-refractivity contribution in [2.45, 2.75) is 19.4 Å². The lowest BCUT2D eigenvalue weighted by molar-refractivity contribution is 0.520. The molecule has 0 spiro atoms. The number of benzene rings is 1. The van der Waals surface area contributed by atoms with E-state index in [0.29, 0.717) is 10.9 Å². The first-order valence-corrected chi connectivity index (χ1v) is 6.92. The molecule has 6 heteroatoms. The summed E-state index contributed by atoms with van der Waals surface area (Å²) in [5.41, 5.74) is 1.03. The molecule has 19 heavy (non-hydrogen) atoms. The standard InChI is InChI=1S/C13H16BrFN4/c1-3-16-12(7-13-17-8-18-19(13)2)9-4-5-11(15)10(14)6-9/h4-6,8,12,16H,3,7H2,1-2H3. The number of rotatable bonds is 5. The van der Waals surface area contributed by atoms with Crippen LogP contribution in [0.5, 0.6) is 0 Å². The Bertz CT molecular complexity index is 555. The SMILES string of the molecule is CCNC(Cc1ncnn1C)c1ccc(F)c(Br)c1. The van der Waals surface area contributed by atoms with Crippen LogP contribution in [0.4, 0.5) is 4.39 Å². The van der Waals surface area contributed by atoms with E-state index >= 15 is 0 Å². The van der Waals surface area contributed by atoms with E-state index < -0.39 is 0 Å². The highest BCUT2D eigenvalue weighted by Gasteiger charge is 2.15. The van der Waals surface area contributed by atoms with E-state index in [9.17, 15) is 4.39 Å². The summed E-state index contributed by atoms with van der Waals surface area (Å²) in [4.78, 5) is 4.23. The fourth-order valence-corrected chi connectivity index (χ4v) is 2.37. The van der Waals surface area contributed by atoms with Gasteiger partial charge in [0.1, 0.15) is 18.0 Å². The van der Waals surface area contributed by atoms with Crippen LogP contribution in [0.2, 0.25) is 0 Å². The summed E-state index contributed by atoms with van der Waals surface area (Å²) in [6, 6.07) is 5.16. The minimum Gasteiger partial charge on any atom is -0.310 e. The first-order chi connectivity index (χ1) is 9.11. The van der Waals surface area contributed by atoms with E-state index in [1.807, 2.05) is 14.0 Å². The summed E-state index contributed by atoms with van der Waals surface area (Å²) in [7, 11) is 1.87. The number of hydrogen-bond donors (Lipinski definition) is 1. The third-order valence-corrected chi connectivity index (χ3v) is 3.60. The summed E-state index contributed by atoms with van der Waals surface area (Å²) in [5, 5.41) is 7.45. The minimum absolute atomic E-state index is 0.0878. The van der Waals surface area contributed by atoms with Crippen LogP contribution in [-0.4, -0.2) is 21.3 Å². The predicted molar refractivity (Wildman–Crippen MR) is 75.2 cm³/mol. The Balaban J connectivity index is 2.24. The van der Waals surface area contributed by atoms with Crippen molar-refractivity contribution >= 4 is 15.9 Å². The van der Waals surface area contributed by atoms with Crippen LogP contribution in [0.25, 0.3) is 0 Å². The lowest BCUT2D eigenvalue weighted by Gasteiger charge is -2.18. The van der Waals surface area contributed by atoms with Crippen molar-refractivity contribution in [3.8, 4) is 0 Å². The second kappa shape index (κ2) is 6.25. The number of nitrogens with zero attached hydrogens (tertiary/aromatic N) is 3. The molecular weight excluding hydrogens is 311 g/mol. The van der Waals surface area contributed by atoms with Crippen molar-refractivity contribution in [3.63, 3.8) is 0 Å². The van der Waals surface area contributed by atoms with Crippen LogP contribution in [0, 0.1) is 5.82 Å². The van der Waals surface area contributed by atoms with Crippen molar-refractivity contribution in [1.29, 1.82) is 0 Å². The van der Waals surface area contributed by atoms with Crippen LogP contribution in [0.3, 0.4) is 0 Å². The predicted octanol–water partition coefficient (Wildman–Crippen LogP) is 2.61. The fraction of sp³-hybridized carbons (Fsp3) is 0.385.